The number of nitrogens with one attached hydrogen (secondary N) is 1. The third kappa shape index (κ3) is 3.55. The second-order valence-electron chi connectivity index (χ2n) is 4.55. The van der Waals surface area contributed by atoms with Crippen molar-refractivity contribution in [1.82, 2.24) is 5.32 Å². The number of hydrogen-bond acceptors (Lipinski definition) is 2. The molecule has 6 nitrogen and oxygen atoms in total. The average molecular weight is 324 g/mol. The third-order valence-electron chi connectivity index (χ3n) is 3.25. The van der Waals surface area contributed by atoms with Gasteiger partial charge in [0.2, 0.25) is 0 Å². The molecule has 7 heteroatoms. The van der Waals surface area contributed by atoms with E-state index in [4.69, 9.17) is 4.74 Å². The fourth-order valence-electron chi connectivity index (χ4n) is 1.84. The minimum absolute atomic E-state index is 0. The molecule has 0 radical (unpaired) electrons. The first-order valence-electron chi connectivity index (χ1n) is 6.13. The number of guanidine groups is 1. The zero-order valence-electron chi connectivity index (χ0n) is 11.4. The fraction of sp³-hybridized carbons (Fsp3) is 0.462. The second kappa shape index (κ2) is 7.36. The minimum Gasteiger partial charge on any atom is -0.412 e. The second-order valence-corrected chi connectivity index (χ2v) is 4.77. The van der Waals surface area contributed by atoms with E-state index in [1.165, 1.54) is 6.42 Å². The van der Waals surface area contributed by atoms with Crippen molar-refractivity contribution in [2.24, 2.45) is 4.03 Å². The van der Waals surface area contributed by atoms with Crippen LogP contribution in [0.15, 0.2) is 16.2 Å². The molecule has 0 unspecified atom stereocenters. The molecular weight excluding hydrogens is 305 g/mol. The van der Waals surface area contributed by atoms with Crippen molar-refractivity contribution >= 4 is 11.6 Å². The van der Waals surface area contributed by atoms with Gasteiger partial charge < -0.3 is 5.48 Å². The van der Waals surface area contributed by atoms with Crippen molar-refractivity contribution in [3.63, 3.8) is 0 Å². The van der Waals surface area contributed by atoms with Crippen LogP contribution in [0.3, 0.4) is 0 Å². The van der Waals surface area contributed by atoms with Crippen LogP contribution in [0.5, 0.6) is 5.75 Å². The van der Waals surface area contributed by atoms with E-state index >= 15 is 0 Å². The smallest absolute Gasteiger partial charge is 0.412 e. The molecule has 2 rings (SSSR count). The standard InChI is InChI=1S/C13H16N3O2.Ni.H2O/c1-9-6-7-11(8-12(9)18-2)16(17)13(14)15-10-4-3-5-10;;/h6,8,10,17H,3-5H2,1-2H3;;1H2/q-1;;/p+1. The van der Waals surface area contributed by atoms with Crippen LogP contribution in [0.1, 0.15) is 24.8 Å². The van der Waals surface area contributed by atoms with Gasteiger partial charge in [-0.15, -0.1) is 0 Å². The zero-order valence-corrected chi connectivity index (χ0v) is 12.4. The molecule has 0 spiro atoms. The number of benzene rings is 1. The summed E-state index contributed by atoms with van der Waals surface area (Å²) >= 11 is 4.40. The van der Waals surface area contributed by atoms with Crippen LogP contribution in [0.25, 0.3) is 0 Å². The Bertz CT molecular complexity index is 516. The molecule has 1 aromatic rings. The Morgan fingerprint density at radius 3 is 2.80 bits per heavy atom. The van der Waals surface area contributed by atoms with Crippen molar-refractivity contribution < 1.29 is 35.4 Å². The Morgan fingerprint density at radius 2 is 2.30 bits per heavy atom. The van der Waals surface area contributed by atoms with Crippen LogP contribution in [-0.4, -0.2) is 34.5 Å². The van der Waals surface area contributed by atoms with Gasteiger partial charge in [-0.05, 0) is 0 Å². The Kier molecular flexibility index (Phi) is 6.11. The van der Waals surface area contributed by atoms with Gasteiger partial charge in [-0.2, -0.15) is 0 Å². The van der Waals surface area contributed by atoms with E-state index in [0.29, 0.717) is 17.5 Å². The van der Waals surface area contributed by atoms with Gasteiger partial charge in [0.25, 0.3) is 0 Å². The molecule has 0 aliphatic heterocycles. The van der Waals surface area contributed by atoms with Crippen LogP contribution < -0.4 is 10.1 Å². The summed E-state index contributed by atoms with van der Waals surface area (Å²) in [5.74, 6) is 0.954. The zero-order chi connectivity index (χ0) is 13.8. The summed E-state index contributed by atoms with van der Waals surface area (Å²) in [4.78, 5) is 0. The van der Waals surface area contributed by atoms with Crippen molar-refractivity contribution in [3.8, 4) is 5.75 Å². The summed E-state index contributed by atoms with van der Waals surface area (Å²) in [5.41, 5.74) is 1.40. The molecular formula is C13H19N3NiO3. The minimum atomic E-state index is 0. The van der Waals surface area contributed by atoms with Gasteiger partial charge in [-0.3, -0.25) is 0 Å². The normalized spacial score (nSPS) is 15.6. The van der Waals surface area contributed by atoms with Crippen LogP contribution in [0, 0.1) is 13.0 Å². The molecule has 4 N–H and O–H groups in total. The number of methoxy groups -OCH3 is 1. The molecule has 0 atom stereocenters. The topological polar surface area (TPSA) is 88.4 Å². The monoisotopic (exact) mass is 323 g/mol. The summed E-state index contributed by atoms with van der Waals surface area (Å²) in [6, 6.07) is 6.76. The van der Waals surface area contributed by atoms with E-state index < -0.39 is 0 Å². The summed E-state index contributed by atoms with van der Waals surface area (Å²) in [5, 5.41) is 13.3. The average Bonchev–Trinajstić information content (AvgIpc) is 2.37. The van der Waals surface area contributed by atoms with Crippen molar-refractivity contribution in [2.75, 3.05) is 7.11 Å². The predicted octanol–water partition coefficient (Wildman–Crippen LogP) is 1.24. The van der Waals surface area contributed by atoms with Crippen molar-refractivity contribution in [3.05, 3.63) is 23.8 Å². The molecule has 1 fully saturated rings. The Balaban J connectivity index is 0.00000200. The first-order valence-corrected chi connectivity index (χ1v) is 6.58. The first-order chi connectivity index (χ1) is 9.15. The molecule has 0 heterocycles. The van der Waals surface area contributed by atoms with Gasteiger partial charge in [0.15, 0.2) is 0 Å². The maximum atomic E-state index is 10.2. The molecule has 1 aliphatic carbocycles. The maximum Gasteiger partial charge on any atom is -0.412 e. The molecule has 0 saturated heterocycles. The van der Waals surface area contributed by atoms with E-state index in [2.05, 4.69) is 30.7 Å². The quantitative estimate of drug-likeness (QED) is 0.167. The SMILES string of the molecule is COc1cc(/[N+](O)=C(\[N]=[Ni])NC2CCC2)[c-]cc1C.O. The van der Waals surface area contributed by atoms with Gasteiger partial charge in [0, 0.05) is 0 Å². The van der Waals surface area contributed by atoms with Crippen LogP contribution in [0.4, 0.5) is 5.69 Å². The summed E-state index contributed by atoms with van der Waals surface area (Å²) in [7, 11) is 1.59. The van der Waals surface area contributed by atoms with Crippen LogP contribution >= 0.6 is 0 Å². The molecule has 1 aromatic carbocycles. The summed E-state index contributed by atoms with van der Waals surface area (Å²) in [6.07, 6.45) is 3.35. The largest absolute Gasteiger partial charge is 0.412 e. The summed E-state index contributed by atoms with van der Waals surface area (Å²) in [6.45, 7) is 1.91. The van der Waals surface area contributed by atoms with E-state index in [1.54, 1.807) is 19.2 Å². The molecule has 1 aliphatic rings. The number of aryl methyl sites for hydroxylation is 1. The summed E-state index contributed by atoms with van der Waals surface area (Å²) < 4.78 is 9.85. The molecule has 114 valence electrons. The number of ether oxygens (including phenoxy) is 1. The third-order valence-corrected chi connectivity index (χ3v) is 3.46. The van der Waals surface area contributed by atoms with Gasteiger partial charge in [0.05, 0.1) is 0 Å². The molecule has 20 heavy (non-hydrogen) atoms. The Labute approximate surface area is 125 Å². The fourth-order valence-corrected chi connectivity index (χ4v) is 1.99. The van der Waals surface area contributed by atoms with Crippen LogP contribution in [-0.2, 0) is 15.3 Å². The molecule has 0 amide bonds. The Hall–Kier alpha value is -1.46. The molecule has 1 saturated carbocycles. The van der Waals surface area contributed by atoms with Crippen LogP contribution in [0.2, 0.25) is 0 Å². The van der Waals surface area contributed by atoms with Gasteiger partial charge in [-0.25, -0.2) is 0 Å². The van der Waals surface area contributed by atoms with Gasteiger partial charge in [-0.1, -0.05) is 0 Å². The Morgan fingerprint density at radius 1 is 1.60 bits per heavy atom. The van der Waals surface area contributed by atoms with E-state index in [-0.39, 0.29) is 11.4 Å². The molecule has 0 aromatic heterocycles. The van der Waals surface area contributed by atoms with E-state index in [1.807, 2.05) is 6.92 Å². The van der Waals surface area contributed by atoms with Gasteiger partial charge >= 0.3 is 120 Å². The van der Waals surface area contributed by atoms with Crippen molar-refractivity contribution in [2.45, 2.75) is 32.2 Å². The number of rotatable bonds is 3. The number of hydrogen-bond donors (Lipinski definition) is 2. The number of nitrogens with zero attached hydrogens (tertiary/aromatic N) is 2. The predicted molar refractivity (Wildman–Crippen MR) is 70.1 cm³/mol. The maximum absolute atomic E-state index is 10.2. The molecule has 0 bridgehead atoms. The van der Waals surface area contributed by atoms with E-state index in [0.717, 1.165) is 23.1 Å². The van der Waals surface area contributed by atoms with Gasteiger partial charge in [0.1, 0.15) is 0 Å². The van der Waals surface area contributed by atoms with Crippen molar-refractivity contribution in [1.29, 1.82) is 0 Å². The van der Waals surface area contributed by atoms with E-state index in [9.17, 15) is 5.21 Å². The first kappa shape index (κ1) is 16.6.